The van der Waals surface area contributed by atoms with Gasteiger partial charge in [-0.3, -0.25) is 0 Å². The lowest BCUT2D eigenvalue weighted by molar-refractivity contribution is 0.0474. The molecule has 120 valence electrons. The van der Waals surface area contributed by atoms with Crippen LogP contribution in [0, 0.1) is 0 Å². The van der Waals surface area contributed by atoms with Gasteiger partial charge in [-0.1, -0.05) is 23.7 Å². The second-order valence-corrected chi connectivity index (χ2v) is 4.97. The van der Waals surface area contributed by atoms with Crippen molar-refractivity contribution in [1.29, 1.82) is 0 Å². The number of benzene rings is 1. The molecule has 23 heavy (non-hydrogen) atoms. The van der Waals surface area contributed by atoms with E-state index in [0.29, 0.717) is 10.6 Å². The van der Waals surface area contributed by atoms with Crippen molar-refractivity contribution in [2.45, 2.75) is 13.8 Å². The van der Waals surface area contributed by atoms with Gasteiger partial charge >= 0.3 is 11.9 Å². The molecule has 0 aliphatic heterocycles. The quantitative estimate of drug-likeness (QED) is 0.779. The number of hydrogen-bond donors (Lipinski definition) is 0. The Morgan fingerprint density at radius 1 is 1.00 bits per heavy atom. The van der Waals surface area contributed by atoms with Crippen molar-refractivity contribution in [2.75, 3.05) is 13.2 Å². The summed E-state index contributed by atoms with van der Waals surface area (Å²) >= 11 is 5.90. The number of rotatable bonds is 5. The van der Waals surface area contributed by atoms with Crippen molar-refractivity contribution in [2.24, 2.45) is 0 Å². The molecule has 0 amide bonds. The topological polar surface area (TPSA) is 65.5 Å². The predicted octanol–water partition coefficient (Wildman–Crippen LogP) is 3.76. The Kier molecular flexibility index (Phi) is 5.71. The van der Waals surface area contributed by atoms with E-state index >= 15 is 0 Å². The first kappa shape index (κ1) is 17.0. The summed E-state index contributed by atoms with van der Waals surface area (Å²) in [6.45, 7) is 3.76. The van der Waals surface area contributed by atoms with Crippen molar-refractivity contribution >= 4 is 23.5 Å². The molecule has 2 aromatic rings. The zero-order chi connectivity index (χ0) is 16.8. The minimum Gasteiger partial charge on any atom is -0.462 e. The highest BCUT2D eigenvalue weighted by Gasteiger charge is 2.25. The summed E-state index contributed by atoms with van der Waals surface area (Å²) < 4.78 is 10.0. The lowest BCUT2D eigenvalue weighted by Crippen LogP contribution is -2.17. The summed E-state index contributed by atoms with van der Waals surface area (Å²) in [5.74, 6) is -1.28. The lowest BCUT2D eigenvalue weighted by atomic mass is 9.99. The third kappa shape index (κ3) is 3.87. The molecule has 0 spiro atoms. The molecule has 1 heterocycles. The second-order valence-electron chi connectivity index (χ2n) is 4.53. The molecule has 1 aromatic heterocycles. The molecule has 0 saturated heterocycles. The fourth-order valence-corrected chi connectivity index (χ4v) is 2.22. The molecule has 0 aliphatic carbocycles. The summed E-state index contributed by atoms with van der Waals surface area (Å²) in [5.41, 5.74) is 1.30. The van der Waals surface area contributed by atoms with Gasteiger partial charge < -0.3 is 9.47 Å². The standard InChI is InChI=1S/C17H16ClNO4/c1-3-22-16(20)14-13(11-5-7-12(18)8-6-11)9-10-19-15(14)17(21)23-4-2/h5-10H,3-4H2,1-2H3. The molecule has 0 bridgehead atoms. The van der Waals surface area contributed by atoms with E-state index in [1.807, 2.05) is 0 Å². The summed E-state index contributed by atoms with van der Waals surface area (Å²) in [6.07, 6.45) is 1.46. The summed E-state index contributed by atoms with van der Waals surface area (Å²) in [7, 11) is 0. The Balaban J connectivity index is 2.61. The first-order chi connectivity index (χ1) is 11.1. The van der Waals surface area contributed by atoms with Crippen LogP contribution in [0.25, 0.3) is 11.1 Å². The number of carbonyl (C=O) groups is 2. The van der Waals surface area contributed by atoms with Gasteiger partial charge in [-0.2, -0.15) is 0 Å². The maximum absolute atomic E-state index is 12.3. The van der Waals surface area contributed by atoms with E-state index in [1.54, 1.807) is 44.2 Å². The van der Waals surface area contributed by atoms with E-state index in [-0.39, 0.29) is 24.5 Å². The van der Waals surface area contributed by atoms with Gasteiger partial charge in [0.05, 0.1) is 13.2 Å². The van der Waals surface area contributed by atoms with E-state index in [1.165, 1.54) is 6.20 Å². The molecule has 0 aliphatic rings. The number of hydrogen-bond acceptors (Lipinski definition) is 5. The Bertz CT molecular complexity index is 713. The van der Waals surface area contributed by atoms with E-state index in [4.69, 9.17) is 21.1 Å². The van der Waals surface area contributed by atoms with Crippen LogP contribution in [-0.4, -0.2) is 30.1 Å². The fraction of sp³-hybridized carbons (Fsp3) is 0.235. The zero-order valence-corrected chi connectivity index (χ0v) is 13.6. The molecular formula is C17H16ClNO4. The van der Waals surface area contributed by atoms with Crippen molar-refractivity contribution in [3.8, 4) is 11.1 Å². The Morgan fingerprint density at radius 2 is 1.61 bits per heavy atom. The summed E-state index contributed by atoms with van der Waals surface area (Å²) in [5, 5.41) is 0.575. The maximum atomic E-state index is 12.3. The van der Waals surface area contributed by atoms with Crippen molar-refractivity contribution in [3.63, 3.8) is 0 Å². The van der Waals surface area contributed by atoms with Crippen LogP contribution < -0.4 is 0 Å². The normalized spacial score (nSPS) is 10.2. The number of carbonyl (C=O) groups excluding carboxylic acids is 2. The summed E-state index contributed by atoms with van der Waals surface area (Å²) in [4.78, 5) is 28.4. The molecule has 0 unspecified atom stereocenters. The van der Waals surface area contributed by atoms with Gasteiger partial charge in [0.1, 0.15) is 5.56 Å². The van der Waals surface area contributed by atoms with Crippen LogP contribution in [0.4, 0.5) is 0 Å². The fourth-order valence-electron chi connectivity index (χ4n) is 2.10. The van der Waals surface area contributed by atoms with E-state index in [2.05, 4.69) is 4.98 Å². The molecule has 2 rings (SSSR count). The number of ether oxygens (including phenoxy) is 2. The van der Waals surface area contributed by atoms with Gasteiger partial charge in [0.2, 0.25) is 0 Å². The minimum absolute atomic E-state index is 0.0576. The zero-order valence-electron chi connectivity index (χ0n) is 12.8. The van der Waals surface area contributed by atoms with Gasteiger partial charge in [0, 0.05) is 16.8 Å². The third-order valence-electron chi connectivity index (χ3n) is 3.05. The Morgan fingerprint density at radius 3 is 2.22 bits per heavy atom. The van der Waals surface area contributed by atoms with Crippen molar-refractivity contribution in [1.82, 2.24) is 4.98 Å². The summed E-state index contributed by atoms with van der Waals surface area (Å²) in [6, 6.07) is 8.58. The largest absolute Gasteiger partial charge is 0.462 e. The van der Waals surface area contributed by atoms with Crippen molar-refractivity contribution in [3.05, 3.63) is 52.8 Å². The van der Waals surface area contributed by atoms with Gasteiger partial charge in [0.25, 0.3) is 0 Å². The van der Waals surface area contributed by atoms with Crippen LogP contribution in [0.15, 0.2) is 36.5 Å². The van der Waals surface area contributed by atoms with Crippen LogP contribution >= 0.6 is 11.6 Å². The number of halogens is 1. The molecular weight excluding hydrogens is 318 g/mol. The monoisotopic (exact) mass is 333 g/mol. The van der Waals surface area contributed by atoms with Crippen LogP contribution in [0.5, 0.6) is 0 Å². The Hall–Kier alpha value is -2.40. The predicted molar refractivity (Wildman–Crippen MR) is 86.6 cm³/mol. The smallest absolute Gasteiger partial charge is 0.357 e. The van der Waals surface area contributed by atoms with E-state index in [0.717, 1.165) is 5.56 Å². The molecule has 5 nitrogen and oxygen atoms in total. The van der Waals surface area contributed by atoms with Crippen LogP contribution in [0.3, 0.4) is 0 Å². The maximum Gasteiger partial charge on any atom is 0.357 e. The highest BCUT2D eigenvalue weighted by molar-refractivity contribution is 6.30. The van der Waals surface area contributed by atoms with E-state index in [9.17, 15) is 9.59 Å². The average molecular weight is 334 g/mol. The molecule has 0 radical (unpaired) electrons. The molecule has 6 heteroatoms. The lowest BCUT2D eigenvalue weighted by Gasteiger charge is -2.12. The molecule has 0 N–H and O–H groups in total. The molecule has 0 fully saturated rings. The van der Waals surface area contributed by atoms with Crippen LogP contribution in [-0.2, 0) is 9.47 Å². The van der Waals surface area contributed by atoms with Gasteiger partial charge in [-0.15, -0.1) is 0 Å². The number of pyridine rings is 1. The van der Waals surface area contributed by atoms with Crippen LogP contribution in [0.2, 0.25) is 5.02 Å². The second kappa shape index (κ2) is 7.74. The third-order valence-corrected chi connectivity index (χ3v) is 3.31. The van der Waals surface area contributed by atoms with Crippen LogP contribution in [0.1, 0.15) is 34.7 Å². The number of esters is 2. The average Bonchev–Trinajstić information content (AvgIpc) is 2.55. The number of aromatic nitrogens is 1. The highest BCUT2D eigenvalue weighted by atomic mass is 35.5. The Labute approximate surface area is 139 Å². The first-order valence-electron chi connectivity index (χ1n) is 7.17. The molecule has 0 saturated carbocycles. The van der Waals surface area contributed by atoms with Gasteiger partial charge in [-0.05, 0) is 37.6 Å². The first-order valence-corrected chi connectivity index (χ1v) is 7.55. The molecule has 1 aromatic carbocycles. The SMILES string of the molecule is CCOC(=O)c1nccc(-c2ccc(Cl)cc2)c1C(=O)OCC. The highest BCUT2D eigenvalue weighted by Crippen LogP contribution is 2.27. The molecule has 0 atom stereocenters. The van der Waals surface area contributed by atoms with Gasteiger partial charge in [0.15, 0.2) is 5.69 Å². The van der Waals surface area contributed by atoms with Crippen molar-refractivity contribution < 1.29 is 19.1 Å². The minimum atomic E-state index is -0.661. The number of nitrogens with zero attached hydrogens (tertiary/aromatic N) is 1. The van der Waals surface area contributed by atoms with Gasteiger partial charge in [-0.25, -0.2) is 14.6 Å². The van der Waals surface area contributed by atoms with E-state index < -0.39 is 11.9 Å².